The molecule has 0 bridgehead atoms. The van der Waals surface area contributed by atoms with Gasteiger partial charge in [-0.3, -0.25) is 9.89 Å². The van der Waals surface area contributed by atoms with Gasteiger partial charge in [-0.15, -0.1) is 0 Å². The van der Waals surface area contributed by atoms with E-state index >= 15 is 0 Å². The predicted octanol–water partition coefficient (Wildman–Crippen LogP) is 5.08. The molecule has 3 N–H and O–H groups in total. The summed E-state index contributed by atoms with van der Waals surface area (Å²) in [4.78, 5) is 18.2. The Morgan fingerprint density at radius 1 is 0.976 bits per heavy atom. The van der Waals surface area contributed by atoms with Gasteiger partial charge in [-0.05, 0) is 79.9 Å². The summed E-state index contributed by atoms with van der Waals surface area (Å²) in [6.45, 7) is 5.15. The number of ether oxygens (including phenoxy) is 1. The summed E-state index contributed by atoms with van der Waals surface area (Å²) in [5.41, 5.74) is 4.71. The fraction of sp³-hybridized carbons (Fsp3) is 0.355. The number of likely N-dealkylation sites (N-methyl/N-ethyl adjacent to an activating group) is 1. The lowest BCUT2D eigenvalue weighted by Gasteiger charge is -2.34. The molecule has 1 fully saturated rings. The average Bonchev–Trinajstić information content (AvgIpc) is 3.35. The van der Waals surface area contributed by atoms with E-state index in [4.69, 9.17) is 4.74 Å². The normalized spacial score (nSPS) is 14.0. The number of nitrogens with one attached hydrogen (secondary N) is 3. The van der Waals surface area contributed by atoms with Crippen molar-refractivity contribution in [3.63, 3.8) is 0 Å². The minimum atomic E-state index is -0.584. The van der Waals surface area contributed by atoms with Gasteiger partial charge in [0.25, 0.3) is 5.91 Å². The number of aryl methyl sites for hydroxylation is 2. The van der Waals surface area contributed by atoms with Gasteiger partial charge in [0.05, 0.1) is 11.1 Å². The zero-order valence-electron chi connectivity index (χ0n) is 23.5. The number of H-pyrrole nitrogens is 1. The van der Waals surface area contributed by atoms with Gasteiger partial charge in [0.1, 0.15) is 11.6 Å². The number of carbonyl (C=O) groups excluding carboxylic acids is 1. The highest BCUT2D eigenvalue weighted by Gasteiger charge is 2.19. The molecule has 1 aromatic heterocycles. The Kier molecular flexibility index (Phi) is 9.11. The van der Waals surface area contributed by atoms with Crippen molar-refractivity contribution in [3.05, 3.63) is 82.9 Å². The standard InChI is InChI=1S/C31H36F2N6O2/c1-38-11-13-39(14-12-38)25-7-8-26(29(20-25)34-10-3-15-41-2)31(40)35-30-27-18-21(6-9-28(27)36-37-30)4-5-22-16-23(32)19-24(33)17-22/h6-9,16-20,34H,3-5,10-15H2,1-2H3,(H2,35,36,37,40). The number of amides is 1. The van der Waals surface area contributed by atoms with Gasteiger partial charge in [0.2, 0.25) is 0 Å². The van der Waals surface area contributed by atoms with Gasteiger partial charge in [-0.1, -0.05) is 6.07 Å². The molecular formula is C31H36F2N6O2. The number of anilines is 3. The molecule has 1 aliphatic heterocycles. The fourth-order valence-electron chi connectivity index (χ4n) is 5.11. The van der Waals surface area contributed by atoms with Crippen LogP contribution in [0.25, 0.3) is 10.9 Å². The lowest BCUT2D eigenvalue weighted by Crippen LogP contribution is -2.44. The van der Waals surface area contributed by atoms with Crippen LogP contribution in [0.2, 0.25) is 0 Å². The molecule has 5 rings (SSSR count). The number of methoxy groups -OCH3 is 1. The summed E-state index contributed by atoms with van der Waals surface area (Å²) in [7, 11) is 3.80. The molecule has 41 heavy (non-hydrogen) atoms. The molecule has 1 aliphatic rings. The Morgan fingerprint density at radius 3 is 2.49 bits per heavy atom. The molecule has 1 amide bonds. The van der Waals surface area contributed by atoms with E-state index in [0.29, 0.717) is 42.9 Å². The molecule has 2 heterocycles. The molecule has 3 aromatic carbocycles. The van der Waals surface area contributed by atoms with Crippen molar-refractivity contribution >= 4 is 34.0 Å². The molecule has 1 saturated heterocycles. The summed E-state index contributed by atoms with van der Waals surface area (Å²) in [6.07, 6.45) is 1.88. The first-order valence-corrected chi connectivity index (χ1v) is 13.9. The van der Waals surface area contributed by atoms with Crippen LogP contribution >= 0.6 is 0 Å². The van der Waals surface area contributed by atoms with Gasteiger partial charge in [-0.2, -0.15) is 5.10 Å². The Morgan fingerprint density at radius 2 is 1.73 bits per heavy atom. The SMILES string of the molecule is COCCCNc1cc(N2CCN(C)CC2)ccc1C(=O)Nc1n[nH]c2ccc(CCc3cc(F)cc(F)c3)cc12. The minimum Gasteiger partial charge on any atom is -0.385 e. The summed E-state index contributed by atoms with van der Waals surface area (Å²) in [5, 5.41) is 14.5. The number of piperazine rings is 1. The van der Waals surface area contributed by atoms with E-state index in [0.717, 1.165) is 66.5 Å². The number of aromatic amines is 1. The number of nitrogens with zero attached hydrogens (tertiary/aromatic N) is 3. The van der Waals surface area contributed by atoms with Crippen LogP contribution in [0.3, 0.4) is 0 Å². The van der Waals surface area contributed by atoms with Crippen LogP contribution in [0.5, 0.6) is 0 Å². The third kappa shape index (κ3) is 7.20. The third-order valence-corrected chi connectivity index (χ3v) is 7.44. The Hall–Kier alpha value is -4.02. The van der Waals surface area contributed by atoms with E-state index in [2.05, 4.69) is 37.7 Å². The summed E-state index contributed by atoms with van der Waals surface area (Å²) in [5.74, 6) is -1.01. The highest BCUT2D eigenvalue weighted by molar-refractivity contribution is 6.11. The summed E-state index contributed by atoms with van der Waals surface area (Å²) < 4.78 is 32.4. The first-order valence-electron chi connectivity index (χ1n) is 13.9. The first kappa shape index (κ1) is 28.5. The van der Waals surface area contributed by atoms with Crippen molar-refractivity contribution < 1.29 is 18.3 Å². The fourth-order valence-corrected chi connectivity index (χ4v) is 5.11. The van der Waals surface area contributed by atoms with E-state index in [9.17, 15) is 13.6 Å². The molecule has 0 unspecified atom stereocenters. The van der Waals surface area contributed by atoms with Crippen molar-refractivity contribution in [2.75, 3.05) is 69.0 Å². The maximum absolute atomic E-state index is 13.6. The molecule has 0 radical (unpaired) electrons. The first-order chi connectivity index (χ1) is 19.9. The number of benzene rings is 3. The molecule has 10 heteroatoms. The van der Waals surface area contributed by atoms with E-state index in [1.54, 1.807) is 7.11 Å². The molecule has 8 nitrogen and oxygen atoms in total. The number of halogens is 2. The maximum atomic E-state index is 13.6. The van der Waals surface area contributed by atoms with E-state index in [-0.39, 0.29) is 5.91 Å². The van der Waals surface area contributed by atoms with E-state index in [1.165, 1.54) is 12.1 Å². The molecule has 4 aromatic rings. The minimum absolute atomic E-state index is 0.266. The summed E-state index contributed by atoms with van der Waals surface area (Å²) >= 11 is 0. The Labute approximate surface area is 238 Å². The van der Waals surface area contributed by atoms with Crippen LogP contribution < -0.4 is 15.5 Å². The van der Waals surface area contributed by atoms with Crippen molar-refractivity contribution in [2.24, 2.45) is 0 Å². The zero-order valence-corrected chi connectivity index (χ0v) is 23.5. The predicted molar refractivity (Wildman–Crippen MR) is 159 cm³/mol. The second-order valence-electron chi connectivity index (χ2n) is 10.5. The number of hydrogen-bond acceptors (Lipinski definition) is 6. The smallest absolute Gasteiger partial charge is 0.258 e. The van der Waals surface area contributed by atoms with Crippen LogP contribution in [0.1, 0.15) is 27.9 Å². The average molecular weight is 563 g/mol. The Balaban J connectivity index is 1.33. The van der Waals surface area contributed by atoms with Gasteiger partial charge in [0, 0.05) is 69.3 Å². The van der Waals surface area contributed by atoms with Gasteiger partial charge < -0.3 is 25.2 Å². The second kappa shape index (κ2) is 13.1. The second-order valence-corrected chi connectivity index (χ2v) is 10.5. The van der Waals surface area contributed by atoms with Crippen molar-refractivity contribution in [1.82, 2.24) is 15.1 Å². The van der Waals surface area contributed by atoms with Crippen molar-refractivity contribution in [1.29, 1.82) is 0 Å². The quantitative estimate of drug-likeness (QED) is 0.221. The number of aromatic nitrogens is 2. The number of fused-ring (bicyclic) bond motifs is 1. The van der Waals surface area contributed by atoms with E-state index in [1.807, 2.05) is 36.4 Å². The van der Waals surface area contributed by atoms with Gasteiger partial charge in [-0.25, -0.2) is 8.78 Å². The molecular weight excluding hydrogens is 526 g/mol. The lowest BCUT2D eigenvalue weighted by atomic mass is 10.0. The maximum Gasteiger partial charge on any atom is 0.258 e. The van der Waals surface area contributed by atoms with Crippen LogP contribution in [-0.4, -0.2) is 74.5 Å². The number of hydrogen-bond donors (Lipinski definition) is 3. The highest BCUT2D eigenvalue weighted by atomic mass is 19.1. The largest absolute Gasteiger partial charge is 0.385 e. The Bertz CT molecular complexity index is 1480. The summed E-state index contributed by atoms with van der Waals surface area (Å²) in [6, 6.07) is 15.3. The van der Waals surface area contributed by atoms with Gasteiger partial charge in [0.15, 0.2) is 5.82 Å². The molecule has 0 saturated carbocycles. The number of rotatable bonds is 11. The van der Waals surface area contributed by atoms with Gasteiger partial charge >= 0.3 is 0 Å². The monoisotopic (exact) mass is 562 g/mol. The third-order valence-electron chi connectivity index (χ3n) is 7.44. The van der Waals surface area contributed by atoms with Crippen LogP contribution in [0.4, 0.5) is 26.0 Å². The molecule has 0 spiro atoms. The number of carbonyl (C=O) groups is 1. The molecule has 0 atom stereocenters. The van der Waals surface area contributed by atoms with Crippen LogP contribution in [0.15, 0.2) is 54.6 Å². The zero-order chi connectivity index (χ0) is 28.8. The van der Waals surface area contributed by atoms with Crippen LogP contribution in [0, 0.1) is 11.6 Å². The van der Waals surface area contributed by atoms with Crippen molar-refractivity contribution in [3.8, 4) is 0 Å². The topological polar surface area (TPSA) is 85.5 Å². The highest BCUT2D eigenvalue weighted by Crippen LogP contribution is 2.28. The van der Waals surface area contributed by atoms with E-state index < -0.39 is 11.6 Å². The molecule has 0 aliphatic carbocycles. The van der Waals surface area contributed by atoms with Crippen LogP contribution in [-0.2, 0) is 17.6 Å². The lowest BCUT2D eigenvalue weighted by molar-refractivity contribution is 0.102. The molecule has 216 valence electrons. The van der Waals surface area contributed by atoms with Crippen molar-refractivity contribution in [2.45, 2.75) is 19.3 Å².